The van der Waals surface area contributed by atoms with E-state index < -0.39 is 0 Å². The number of ether oxygens (including phenoxy) is 1. The van der Waals surface area contributed by atoms with E-state index in [2.05, 4.69) is 56.0 Å². The normalized spacial score (nSPS) is 10.8. The summed E-state index contributed by atoms with van der Waals surface area (Å²) < 4.78 is 21.3. The van der Waals surface area contributed by atoms with Crippen molar-refractivity contribution in [2.24, 2.45) is 0 Å². The van der Waals surface area contributed by atoms with Crippen molar-refractivity contribution in [3.8, 4) is 28.7 Å². The maximum absolute atomic E-state index is 14.8. The van der Waals surface area contributed by atoms with Gasteiger partial charge < -0.3 is 4.74 Å². The van der Waals surface area contributed by atoms with E-state index in [1.807, 2.05) is 18.2 Å². The van der Waals surface area contributed by atoms with Crippen molar-refractivity contribution in [1.82, 2.24) is 0 Å². The summed E-state index contributed by atoms with van der Waals surface area (Å²) in [6, 6.07) is 19.8. The zero-order valence-corrected chi connectivity index (χ0v) is 19.6. The zero-order chi connectivity index (χ0) is 22.5. The van der Waals surface area contributed by atoms with Crippen molar-refractivity contribution >= 4 is 21.4 Å². The third-order valence-electron chi connectivity index (χ3n) is 5.78. The monoisotopic (exact) mass is 442 g/mol. The Labute approximate surface area is 193 Å². The highest BCUT2D eigenvalue weighted by Crippen LogP contribution is 2.33. The number of benzene rings is 3. The zero-order valence-electron chi connectivity index (χ0n) is 18.8. The van der Waals surface area contributed by atoms with E-state index in [1.54, 1.807) is 30.6 Å². The lowest BCUT2D eigenvalue weighted by Crippen LogP contribution is -1.88. The fourth-order valence-electron chi connectivity index (χ4n) is 3.82. The second-order valence-electron chi connectivity index (χ2n) is 8.02. The molecule has 0 unspecified atom stereocenters. The topological polar surface area (TPSA) is 9.23 Å². The van der Waals surface area contributed by atoms with E-state index in [4.69, 9.17) is 4.74 Å². The molecule has 0 saturated heterocycles. The van der Waals surface area contributed by atoms with Gasteiger partial charge in [-0.2, -0.15) is 0 Å². The van der Waals surface area contributed by atoms with Gasteiger partial charge in [0, 0.05) is 4.70 Å². The molecule has 0 spiro atoms. The second kappa shape index (κ2) is 10.0. The third-order valence-corrected chi connectivity index (χ3v) is 6.95. The minimum absolute atomic E-state index is 0.289. The van der Waals surface area contributed by atoms with Crippen LogP contribution in [0.2, 0.25) is 0 Å². The van der Waals surface area contributed by atoms with Crippen molar-refractivity contribution < 1.29 is 9.13 Å². The maximum Gasteiger partial charge on any atom is 0.139 e. The Balaban J connectivity index is 1.54. The largest absolute Gasteiger partial charge is 0.497 e. The maximum atomic E-state index is 14.8. The van der Waals surface area contributed by atoms with Crippen molar-refractivity contribution in [1.29, 1.82) is 0 Å². The molecule has 3 heteroatoms. The molecule has 0 radical (unpaired) electrons. The molecule has 0 amide bonds. The van der Waals surface area contributed by atoms with Crippen LogP contribution >= 0.6 is 11.3 Å². The van der Waals surface area contributed by atoms with E-state index >= 15 is 0 Å². The van der Waals surface area contributed by atoms with Crippen molar-refractivity contribution in [3.63, 3.8) is 0 Å². The number of rotatable bonds is 6. The molecule has 0 saturated carbocycles. The third kappa shape index (κ3) is 4.87. The van der Waals surface area contributed by atoms with Gasteiger partial charge in [-0.15, -0.1) is 11.3 Å². The molecule has 0 fully saturated rings. The predicted octanol–water partition coefficient (Wildman–Crippen LogP) is 8.16. The predicted molar refractivity (Wildman–Crippen MR) is 134 cm³/mol. The van der Waals surface area contributed by atoms with Gasteiger partial charge in [-0.25, -0.2) is 4.39 Å². The summed E-state index contributed by atoms with van der Waals surface area (Å²) in [5.74, 6) is 6.74. The van der Waals surface area contributed by atoms with Gasteiger partial charge in [0.25, 0.3) is 0 Å². The molecular weight excluding hydrogens is 415 g/mol. The van der Waals surface area contributed by atoms with E-state index in [9.17, 15) is 4.39 Å². The van der Waals surface area contributed by atoms with Gasteiger partial charge in [0.05, 0.1) is 17.6 Å². The van der Waals surface area contributed by atoms with Crippen LogP contribution in [0.3, 0.4) is 0 Å². The van der Waals surface area contributed by atoms with E-state index in [-0.39, 0.29) is 5.82 Å². The highest BCUT2D eigenvalue weighted by molar-refractivity contribution is 7.19. The molecule has 0 N–H and O–H groups in total. The molecule has 1 heterocycles. The van der Waals surface area contributed by atoms with Crippen LogP contribution in [0, 0.1) is 24.6 Å². The van der Waals surface area contributed by atoms with Crippen LogP contribution in [0.25, 0.3) is 21.2 Å². The standard InChI is InChI=1S/C29H27FOS/c1-4-5-6-7-21-8-10-22(11-9-21)24-13-12-23(27(30)18-24)14-17-28-20(2)26-16-15-25(31-3)19-29(26)32-28/h8-13,15-16,18-19H,4-7H2,1-3H3. The Hall–Kier alpha value is -3.09. The fraction of sp³-hybridized carbons (Fsp3) is 0.241. The molecule has 0 bridgehead atoms. The van der Waals surface area contributed by atoms with Crippen molar-refractivity contribution in [3.05, 3.63) is 88.0 Å². The number of hydrogen-bond donors (Lipinski definition) is 0. The molecule has 4 aromatic rings. The summed E-state index contributed by atoms with van der Waals surface area (Å²) in [6.07, 6.45) is 4.79. The first kappa shape index (κ1) is 22.1. The highest BCUT2D eigenvalue weighted by atomic mass is 32.1. The first-order chi connectivity index (χ1) is 15.6. The molecule has 1 aromatic heterocycles. The van der Waals surface area contributed by atoms with E-state index in [1.165, 1.54) is 24.8 Å². The Bertz CT molecular complexity index is 1290. The summed E-state index contributed by atoms with van der Waals surface area (Å²) in [4.78, 5) is 0.954. The van der Waals surface area contributed by atoms with Crippen molar-refractivity contribution in [2.45, 2.75) is 39.5 Å². The van der Waals surface area contributed by atoms with Gasteiger partial charge in [0.15, 0.2) is 0 Å². The fourth-order valence-corrected chi connectivity index (χ4v) is 4.91. The minimum Gasteiger partial charge on any atom is -0.497 e. The van der Waals surface area contributed by atoms with Crippen LogP contribution in [0.5, 0.6) is 5.75 Å². The van der Waals surface area contributed by atoms with Gasteiger partial charge in [-0.05, 0) is 77.7 Å². The number of unbranched alkanes of at least 4 members (excludes halogenated alkanes) is 2. The Morgan fingerprint density at radius 3 is 2.41 bits per heavy atom. The number of aryl methyl sites for hydroxylation is 2. The quantitative estimate of drug-likeness (QED) is 0.216. The van der Waals surface area contributed by atoms with Crippen LogP contribution in [-0.4, -0.2) is 7.11 Å². The molecule has 162 valence electrons. The Morgan fingerprint density at radius 2 is 1.69 bits per heavy atom. The van der Waals surface area contributed by atoms with E-state index in [0.29, 0.717) is 5.56 Å². The van der Waals surface area contributed by atoms with Crippen LogP contribution in [0.4, 0.5) is 4.39 Å². The molecular formula is C29H27FOS. The summed E-state index contributed by atoms with van der Waals surface area (Å²) in [5.41, 5.74) is 4.77. The summed E-state index contributed by atoms with van der Waals surface area (Å²) in [6.45, 7) is 4.27. The first-order valence-corrected chi connectivity index (χ1v) is 11.9. The lowest BCUT2D eigenvalue weighted by molar-refractivity contribution is 0.415. The summed E-state index contributed by atoms with van der Waals surface area (Å²) >= 11 is 1.61. The number of hydrogen-bond acceptors (Lipinski definition) is 2. The number of methoxy groups -OCH3 is 1. The molecule has 4 rings (SSSR count). The van der Waals surface area contributed by atoms with Gasteiger partial charge in [0.1, 0.15) is 11.6 Å². The average molecular weight is 443 g/mol. The Morgan fingerprint density at radius 1 is 0.906 bits per heavy atom. The van der Waals surface area contributed by atoms with E-state index in [0.717, 1.165) is 43.8 Å². The van der Waals surface area contributed by atoms with Gasteiger partial charge in [0.2, 0.25) is 0 Å². The van der Waals surface area contributed by atoms with Gasteiger partial charge >= 0.3 is 0 Å². The van der Waals surface area contributed by atoms with Gasteiger partial charge in [-0.1, -0.05) is 61.9 Å². The van der Waals surface area contributed by atoms with Crippen LogP contribution in [-0.2, 0) is 6.42 Å². The smallest absolute Gasteiger partial charge is 0.139 e. The molecule has 0 atom stereocenters. The molecule has 3 aromatic carbocycles. The number of thiophene rings is 1. The summed E-state index contributed by atoms with van der Waals surface area (Å²) in [7, 11) is 1.66. The second-order valence-corrected chi connectivity index (χ2v) is 9.07. The lowest BCUT2D eigenvalue weighted by Gasteiger charge is -2.06. The minimum atomic E-state index is -0.289. The lowest BCUT2D eigenvalue weighted by atomic mass is 10.00. The molecule has 32 heavy (non-hydrogen) atoms. The van der Waals surface area contributed by atoms with Crippen molar-refractivity contribution in [2.75, 3.05) is 7.11 Å². The molecule has 1 nitrogen and oxygen atoms in total. The SMILES string of the molecule is CCCCCc1ccc(-c2ccc(C#Cc3sc4cc(OC)ccc4c3C)c(F)c2)cc1. The summed E-state index contributed by atoms with van der Waals surface area (Å²) in [5, 5.41) is 1.16. The van der Waals surface area contributed by atoms with Crippen LogP contribution < -0.4 is 4.74 Å². The highest BCUT2D eigenvalue weighted by Gasteiger charge is 2.08. The molecule has 0 aliphatic carbocycles. The van der Waals surface area contributed by atoms with Crippen LogP contribution in [0.1, 0.15) is 47.8 Å². The number of fused-ring (bicyclic) bond motifs is 1. The van der Waals surface area contributed by atoms with Crippen LogP contribution in [0.15, 0.2) is 60.7 Å². The first-order valence-electron chi connectivity index (χ1n) is 11.1. The Kier molecular flexibility index (Phi) is 6.93. The molecule has 0 aliphatic rings. The number of halogens is 1. The molecule has 0 aliphatic heterocycles. The average Bonchev–Trinajstić information content (AvgIpc) is 3.13. The van der Waals surface area contributed by atoms with Gasteiger partial charge in [-0.3, -0.25) is 0 Å².